The highest BCUT2D eigenvalue weighted by molar-refractivity contribution is 5.91. The second-order valence-electron chi connectivity index (χ2n) is 9.69. The molecule has 3 heterocycles. The van der Waals surface area contributed by atoms with Crippen LogP contribution in [0.3, 0.4) is 0 Å². The maximum Gasteiger partial charge on any atom is 0.410 e. The predicted molar refractivity (Wildman–Crippen MR) is 138 cm³/mol. The van der Waals surface area contributed by atoms with Gasteiger partial charge in [0.15, 0.2) is 0 Å². The molecule has 1 fully saturated rings. The lowest BCUT2D eigenvalue weighted by Crippen LogP contribution is -2.50. The van der Waals surface area contributed by atoms with Crippen LogP contribution in [-0.4, -0.2) is 58.6 Å². The van der Waals surface area contributed by atoms with Gasteiger partial charge in [-0.25, -0.2) is 4.79 Å². The predicted octanol–water partition coefficient (Wildman–Crippen LogP) is 4.63. The van der Waals surface area contributed by atoms with E-state index >= 15 is 0 Å². The van der Waals surface area contributed by atoms with E-state index < -0.39 is 5.60 Å². The highest BCUT2D eigenvalue weighted by Crippen LogP contribution is 2.35. The van der Waals surface area contributed by atoms with Gasteiger partial charge in [0.2, 0.25) is 5.91 Å². The fourth-order valence-electron chi connectivity index (χ4n) is 4.19. The lowest BCUT2D eigenvalue weighted by molar-refractivity contribution is -0.114. The van der Waals surface area contributed by atoms with E-state index in [1.165, 1.54) is 6.92 Å². The van der Waals surface area contributed by atoms with Gasteiger partial charge >= 0.3 is 6.09 Å². The molecular weight excluding hydrogens is 456 g/mol. The summed E-state index contributed by atoms with van der Waals surface area (Å²) in [6.45, 7) is 9.19. The third-order valence-corrected chi connectivity index (χ3v) is 5.77. The molecule has 2 aromatic heterocycles. The maximum atomic E-state index is 12.4. The van der Waals surface area contributed by atoms with Gasteiger partial charge in [0, 0.05) is 68.0 Å². The van der Waals surface area contributed by atoms with Gasteiger partial charge in [0.1, 0.15) is 17.5 Å². The molecule has 9 nitrogen and oxygen atoms in total. The topological polar surface area (TPSA) is 114 Å². The number of H-pyrrole nitrogens is 1. The zero-order valence-corrected chi connectivity index (χ0v) is 21.0. The van der Waals surface area contributed by atoms with Crippen molar-refractivity contribution in [3.8, 4) is 28.5 Å². The number of carbonyl (C=O) groups is 2. The molecule has 1 aromatic carbocycles. The molecular formula is C27H30N6O3. The normalized spacial score (nSPS) is 13.8. The number of amides is 2. The minimum atomic E-state index is -0.541. The average Bonchev–Trinajstić information content (AvgIpc) is 3.27. The van der Waals surface area contributed by atoms with Crippen LogP contribution in [0, 0.1) is 11.3 Å². The number of piperazine rings is 1. The van der Waals surface area contributed by atoms with E-state index in [2.05, 4.69) is 26.3 Å². The smallest absolute Gasteiger partial charge is 0.410 e. The second kappa shape index (κ2) is 10.1. The van der Waals surface area contributed by atoms with Gasteiger partial charge in [-0.15, -0.1) is 0 Å². The number of benzene rings is 1. The van der Waals surface area contributed by atoms with Crippen LogP contribution in [0.25, 0.3) is 22.4 Å². The number of carbonyl (C=O) groups excluding carboxylic acids is 2. The van der Waals surface area contributed by atoms with Crippen molar-refractivity contribution in [2.45, 2.75) is 33.3 Å². The zero-order chi connectivity index (χ0) is 25.9. The lowest BCUT2D eigenvalue weighted by Gasteiger charge is -2.36. The lowest BCUT2D eigenvalue weighted by atomic mass is 9.99. The van der Waals surface area contributed by atoms with Gasteiger partial charge in [-0.05, 0) is 50.6 Å². The van der Waals surface area contributed by atoms with Gasteiger partial charge in [0.05, 0.1) is 5.56 Å². The third kappa shape index (κ3) is 5.66. The highest BCUT2D eigenvalue weighted by Gasteiger charge is 2.27. The first-order valence-electron chi connectivity index (χ1n) is 11.8. The Kier molecular flexibility index (Phi) is 6.97. The van der Waals surface area contributed by atoms with Gasteiger partial charge in [0.25, 0.3) is 0 Å². The Morgan fingerprint density at radius 3 is 2.53 bits per heavy atom. The molecule has 1 aliphatic rings. The van der Waals surface area contributed by atoms with Crippen LogP contribution in [0.2, 0.25) is 0 Å². The van der Waals surface area contributed by atoms with Crippen molar-refractivity contribution in [2.75, 3.05) is 36.4 Å². The molecule has 0 spiro atoms. The molecule has 2 amide bonds. The summed E-state index contributed by atoms with van der Waals surface area (Å²) in [4.78, 5) is 35.4. The largest absolute Gasteiger partial charge is 0.444 e. The minimum Gasteiger partial charge on any atom is -0.444 e. The molecule has 0 saturated carbocycles. The maximum absolute atomic E-state index is 12.4. The van der Waals surface area contributed by atoms with Crippen LogP contribution >= 0.6 is 0 Å². The van der Waals surface area contributed by atoms with E-state index in [9.17, 15) is 14.9 Å². The number of ether oxygens (including phenoxy) is 1. The Bertz CT molecular complexity index is 1310. The number of nitrogens with one attached hydrogen (secondary N) is 2. The molecule has 0 aliphatic carbocycles. The Morgan fingerprint density at radius 2 is 1.86 bits per heavy atom. The van der Waals surface area contributed by atoms with Gasteiger partial charge in [-0.1, -0.05) is 12.1 Å². The molecule has 4 rings (SSSR count). The summed E-state index contributed by atoms with van der Waals surface area (Å²) in [5, 5.41) is 12.7. The Morgan fingerprint density at radius 1 is 1.11 bits per heavy atom. The molecule has 0 radical (unpaired) electrons. The standard InChI is InChI=1S/C27H30N6O3/c1-18(34)30-21-7-5-6-19(14-21)23-17-29-9-8-22(23)24-15-20(16-28)25(31-24)32-10-12-33(13-11-32)26(35)36-27(2,3)4/h5-9,14-15,17,31H,10-13H2,1-4H3,(H,30,34). The first-order chi connectivity index (χ1) is 17.1. The zero-order valence-electron chi connectivity index (χ0n) is 21.0. The third-order valence-electron chi connectivity index (χ3n) is 5.77. The van der Waals surface area contributed by atoms with Crippen molar-refractivity contribution >= 4 is 23.5 Å². The SMILES string of the molecule is CC(=O)Nc1cccc(-c2cnccc2-c2cc(C#N)c(N3CCN(C(=O)OC(C)(C)C)CC3)[nH]2)c1. The van der Waals surface area contributed by atoms with Crippen LogP contribution in [0.1, 0.15) is 33.3 Å². The van der Waals surface area contributed by atoms with E-state index in [0.717, 1.165) is 28.2 Å². The summed E-state index contributed by atoms with van der Waals surface area (Å²) in [6.07, 6.45) is 3.16. The molecule has 0 unspecified atom stereocenters. The van der Waals surface area contributed by atoms with Crippen LogP contribution in [0.4, 0.5) is 16.3 Å². The molecule has 1 saturated heterocycles. The van der Waals surface area contributed by atoms with E-state index in [1.807, 2.05) is 57.2 Å². The molecule has 1 aliphatic heterocycles. The minimum absolute atomic E-state index is 0.141. The summed E-state index contributed by atoms with van der Waals surface area (Å²) < 4.78 is 5.49. The van der Waals surface area contributed by atoms with Crippen molar-refractivity contribution in [3.05, 3.63) is 54.4 Å². The Hall–Kier alpha value is -4.32. The van der Waals surface area contributed by atoms with Gasteiger partial charge < -0.3 is 24.8 Å². The summed E-state index contributed by atoms with van der Waals surface area (Å²) in [5.74, 6) is 0.587. The molecule has 2 N–H and O–H groups in total. The Balaban J connectivity index is 1.59. The summed E-state index contributed by atoms with van der Waals surface area (Å²) in [7, 11) is 0. The van der Waals surface area contributed by atoms with E-state index in [4.69, 9.17) is 4.74 Å². The van der Waals surface area contributed by atoms with Crippen molar-refractivity contribution < 1.29 is 14.3 Å². The van der Waals surface area contributed by atoms with Crippen molar-refractivity contribution in [1.82, 2.24) is 14.9 Å². The molecule has 3 aromatic rings. The van der Waals surface area contributed by atoms with Crippen molar-refractivity contribution in [3.63, 3.8) is 0 Å². The van der Waals surface area contributed by atoms with Crippen LogP contribution in [0.5, 0.6) is 0 Å². The summed E-state index contributed by atoms with van der Waals surface area (Å²) in [6, 6.07) is 13.6. The van der Waals surface area contributed by atoms with Crippen LogP contribution in [-0.2, 0) is 9.53 Å². The van der Waals surface area contributed by atoms with Gasteiger partial charge in [-0.3, -0.25) is 9.78 Å². The number of pyridine rings is 1. The second-order valence-corrected chi connectivity index (χ2v) is 9.69. The average molecular weight is 487 g/mol. The van der Waals surface area contributed by atoms with Crippen molar-refractivity contribution in [2.24, 2.45) is 0 Å². The first-order valence-corrected chi connectivity index (χ1v) is 11.8. The number of aromatic nitrogens is 2. The summed E-state index contributed by atoms with van der Waals surface area (Å²) >= 11 is 0. The van der Waals surface area contributed by atoms with Crippen LogP contribution in [0.15, 0.2) is 48.8 Å². The molecule has 0 bridgehead atoms. The van der Waals surface area contributed by atoms with E-state index in [0.29, 0.717) is 37.4 Å². The number of aromatic amines is 1. The van der Waals surface area contributed by atoms with Crippen molar-refractivity contribution in [1.29, 1.82) is 5.26 Å². The molecule has 9 heteroatoms. The number of nitriles is 1. The van der Waals surface area contributed by atoms with Gasteiger partial charge in [-0.2, -0.15) is 5.26 Å². The summed E-state index contributed by atoms with van der Waals surface area (Å²) in [5.41, 5.74) is 4.13. The number of hydrogen-bond donors (Lipinski definition) is 2. The first kappa shape index (κ1) is 24.8. The number of anilines is 2. The monoisotopic (exact) mass is 486 g/mol. The van der Waals surface area contributed by atoms with E-state index in [1.54, 1.807) is 17.3 Å². The fourth-order valence-corrected chi connectivity index (χ4v) is 4.19. The molecule has 36 heavy (non-hydrogen) atoms. The Labute approximate surface area is 210 Å². The molecule has 0 atom stereocenters. The number of nitrogens with zero attached hydrogens (tertiary/aromatic N) is 4. The highest BCUT2D eigenvalue weighted by atomic mass is 16.6. The fraction of sp³-hybridized carbons (Fsp3) is 0.333. The van der Waals surface area contributed by atoms with E-state index in [-0.39, 0.29) is 12.0 Å². The number of rotatable bonds is 4. The number of hydrogen-bond acceptors (Lipinski definition) is 6. The van der Waals surface area contributed by atoms with Crippen LogP contribution < -0.4 is 10.2 Å². The quantitative estimate of drug-likeness (QED) is 0.556. The molecule has 186 valence electrons.